The maximum atomic E-state index is 13.5. The number of benzene rings is 2. The Morgan fingerprint density at radius 2 is 2.00 bits per heavy atom. The Hall–Kier alpha value is -2.87. The van der Waals surface area contributed by atoms with Crippen molar-refractivity contribution in [1.29, 1.82) is 0 Å². The average Bonchev–Trinajstić information content (AvgIpc) is 2.57. The molecule has 0 fully saturated rings. The van der Waals surface area contributed by atoms with Crippen LogP contribution in [0.25, 0.3) is 0 Å². The van der Waals surface area contributed by atoms with Crippen molar-refractivity contribution in [3.63, 3.8) is 0 Å². The van der Waals surface area contributed by atoms with Crippen LogP contribution in [0.4, 0.5) is 19.3 Å². The Bertz CT molecular complexity index is 907. The summed E-state index contributed by atoms with van der Waals surface area (Å²) in [5, 5.41) is 2.28. The number of anilines is 1. The molecule has 0 spiro atoms. The summed E-state index contributed by atoms with van der Waals surface area (Å²) in [7, 11) is 1.51. The molecular weight excluding hydrogens is 368 g/mol. The first-order valence-electron chi connectivity index (χ1n) is 7.55. The average molecular weight is 382 g/mol. The number of ether oxygens (including phenoxy) is 1. The molecule has 2 aromatic rings. The third-order valence-corrected chi connectivity index (χ3v) is 4.28. The molecule has 1 atom stereocenters. The van der Waals surface area contributed by atoms with Gasteiger partial charge < -0.3 is 20.7 Å². The van der Waals surface area contributed by atoms with E-state index in [-0.39, 0.29) is 28.8 Å². The molecule has 0 aromatic heterocycles. The molecular formula is C17H14ClF2N3O3. The molecule has 0 saturated carbocycles. The second-order valence-corrected chi connectivity index (χ2v) is 6.13. The Labute approximate surface area is 152 Å². The molecule has 0 bridgehead atoms. The number of nitrogens with zero attached hydrogens (tertiary/aromatic N) is 1. The van der Waals surface area contributed by atoms with E-state index in [1.54, 1.807) is 18.2 Å². The number of urea groups is 1. The molecule has 26 heavy (non-hydrogen) atoms. The van der Waals surface area contributed by atoms with E-state index in [4.69, 9.17) is 22.1 Å². The monoisotopic (exact) mass is 381 g/mol. The molecule has 9 heteroatoms. The van der Waals surface area contributed by atoms with Gasteiger partial charge in [-0.15, -0.1) is 0 Å². The number of nitrogens with one attached hydrogen (secondary N) is 1. The third kappa shape index (κ3) is 3.28. The summed E-state index contributed by atoms with van der Waals surface area (Å²) in [4.78, 5) is 24.8. The van der Waals surface area contributed by atoms with Gasteiger partial charge in [-0.25, -0.2) is 13.6 Å². The van der Waals surface area contributed by atoms with Crippen molar-refractivity contribution >= 4 is 29.2 Å². The smallest absolute Gasteiger partial charge is 0.312 e. The van der Waals surface area contributed by atoms with E-state index in [0.717, 1.165) is 12.1 Å². The number of amides is 3. The number of rotatable bonds is 3. The van der Waals surface area contributed by atoms with E-state index < -0.39 is 23.7 Å². The van der Waals surface area contributed by atoms with Gasteiger partial charge in [0.05, 0.1) is 10.7 Å². The van der Waals surface area contributed by atoms with Gasteiger partial charge in [0.2, 0.25) is 5.91 Å². The fraction of sp³-hybridized carbons (Fsp3) is 0.176. The number of nitrogens with two attached hydrogens (primary N) is 1. The lowest BCUT2D eigenvalue weighted by atomic mass is 9.97. The number of primary amides is 1. The van der Waals surface area contributed by atoms with E-state index >= 15 is 0 Å². The van der Waals surface area contributed by atoms with Gasteiger partial charge in [0.15, 0.2) is 17.4 Å². The number of fused-ring (bicyclic) bond motifs is 1. The van der Waals surface area contributed by atoms with Crippen molar-refractivity contribution in [3.05, 3.63) is 52.6 Å². The molecule has 3 N–H and O–H groups in total. The van der Waals surface area contributed by atoms with Gasteiger partial charge >= 0.3 is 6.03 Å². The Balaban J connectivity index is 1.99. The van der Waals surface area contributed by atoms with Crippen LogP contribution in [-0.4, -0.2) is 25.0 Å². The SMILES string of the molecule is CN1C(=O)[C@H](NC(N)=O)Cc2cccc(Oc3cc(F)c(F)cc3Cl)c21. The first kappa shape index (κ1) is 17.9. The molecule has 0 unspecified atom stereocenters. The van der Waals surface area contributed by atoms with Crippen LogP contribution in [-0.2, 0) is 11.2 Å². The highest BCUT2D eigenvalue weighted by Gasteiger charge is 2.33. The van der Waals surface area contributed by atoms with Crippen LogP contribution < -0.4 is 20.7 Å². The molecule has 0 aliphatic carbocycles. The molecule has 1 aliphatic heterocycles. The molecule has 2 aromatic carbocycles. The van der Waals surface area contributed by atoms with Gasteiger partial charge in [-0.05, 0) is 17.7 Å². The standard InChI is InChI=1S/C17H14ClF2N3O3/c1-23-15-8(5-12(16(23)24)22-17(21)25)3-2-4-13(15)26-14-7-11(20)10(19)6-9(14)18/h2-4,6-7,12H,5H2,1H3,(H3,21,22,25)/t12-/m1/s1. The number of hydrogen-bond donors (Lipinski definition) is 2. The van der Waals surface area contributed by atoms with Crippen LogP contribution in [0, 0.1) is 11.6 Å². The predicted molar refractivity (Wildman–Crippen MR) is 91.5 cm³/mol. The summed E-state index contributed by atoms with van der Waals surface area (Å²) < 4.78 is 32.3. The minimum absolute atomic E-state index is 0.0859. The van der Waals surface area contributed by atoms with Crippen LogP contribution >= 0.6 is 11.6 Å². The van der Waals surface area contributed by atoms with Crippen molar-refractivity contribution in [3.8, 4) is 11.5 Å². The number of halogens is 3. The van der Waals surface area contributed by atoms with Crippen LogP contribution in [0.2, 0.25) is 5.02 Å². The molecule has 1 aliphatic rings. The first-order chi connectivity index (χ1) is 12.3. The van der Waals surface area contributed by atoms with Crippen LogP contribution in [0.3, 0.4) is 0 Å². The topological polar surface area (TPSA) is 84.7 Å². The lowest BCUT2D eigenvalue weighted by molar-refractivity contribution is -0.120. The fourth-order valence-electron chi connectivity index (χ4n) is 2.83. The zero-order valence-electron chi connectivity index (χ0n) is 13.6. The van der Waals surface area contributed by atoms with Crippen LogP contribution in [0.5, 0.6) is 11.5 Å². The quantitative estimate of drug-likeness (QED) is 0.801. The molecule has 6 nitrogen and oxygen atoms in total. The Morgan fingerprint density at radius 1 is 1.31 bits per heavy atom. The van der Waals surface area contributed by atoms with E-state index in [1.807, 2.05) is 0 Å². The number of carbonyl (C=O) groups excluding carboxylic acids is 2. The second kappa shape index (κ2) is 6.80. The second-order valence-electron chi connectivity index (χ2n) is 5.73. The minimum atomic E-state index is -1.11. The minimum Gasteiger partial charge on any atom is -0.453 e. The van der Waals surface area contributed by atoms with Gasteiger partial charge in [0, 0.05) is 19.5 Å². The van der Waals surface area contributed by atoms with Crippen molar-refractivity contribution in [2.75, 3.05) is 11.9 Å². The van der Waals surface area contributed by atoms with E-state index in [9.17, 15) is 18.4 Å². The molecule has 0 radical (unpaired) electrons. The Morgan fingerprint density at radius 3 is 2.69 bits per heavy atom. The van der Waals surface area contributed by atoms with Crippen LogP contribution in [0.15, 0.2) is 30.3 Å². The van der Waals surface area contributed by atoms with E-state index in [0.29, 0.717) is 11.3 Å². The van der Waals surface area contributed by atoms with Crippen molar-refractivity contribution in [2.24, 2.45) is 5.73 Å². The van der Waals surface area contributed by atoms with Crippen molar-refractivity contribution < 1.29 is 23.1 Å². The largest absolute Gasteiger partial charge is 0.453 e. The fourth-order valence-corrected chi connectivity index (χ4v) is 3.02. The summed E-state index contributed by atoms with van der Waals surface area (Å²) in [5.74, 6) is -2.43. The summed E-state index contributed by atoms with van der Waals surface area (Å²) in [6, 6.07) is 5.04. The number of para-hydroxylation sites is 1. The predicted octanol–water partition coefficient (Wildman–Crippen LogP) is 2.97. The summed E-state index contributed by atoms with van der Waals surface area (Å²) in [5.41, 5.74) is 6.26. The molecule has 1 heterocycles. The molecule has 3 amide bonds. The highest BCUT2D eigenvalue weighted by atomic mass is 35.5. The zero-order chi connectivity index (χ0) is 19.0. The lowest BCUT2D eigenvalue weighted by Gasteiger charge is -2.32. The maximum absolute atomic E-state index is 13.5. The van der Waals surface area contributed by atoms with Crippen molar-refractivity contribution in [1.82, 2.24) is 5.32 Å². The van der Waals surface area contributed by atoms with Gasteiger partial charge in [0.1, 0.15) is 11.8 Å². The lowest BCUT2D eigenvalue weighted by Crippen LogP contribution is -2.53. The van der Waals surface area contributed by atoms with Gasteiger partial charge in [-0.2, -0.15) is 0 Å². The highest BCUT2D eigenvalue weighted by molar-refractivity contribution is 6.32. The molecule has 3 rings (SSSR count). The van der Waals surface area contributed by atoms with Gasteiger partial charge in [0.25, 0.3) is 0 Å². The van der Waals surface area contributed by atoms with Crippen molar-refractivity contribution in [2.45, 2.75) is 12.5 Å². The summed E-state index contributed by atoms with van der Waals surface area (Å²) in [6.45, 7) is 0. The highest BCUT2D eigenvalue weighted by Crippen LogP contribution is 2.40. The number of likely N-dealkylation sites (N-methyl/N-ethyl adjacent to an activating group) is 1. The number of hydrogen-bond acceptors (Lipinski definition) is 3. The van der Waals surface area contributed by atoms with Gasteiger partial charge in [-0.3, -0.25) is 4.79 Å². The van der Waals surface area contributed by atoms with Crippen LogP contribution in [0.1, 0.15) is 5.56 Å². The Kier molecular flexibility index (Phi) is 4.69. The third-order valence-electron chi connectivity index (χ3n) is 3.98. The van der Waals surface area contributed by atoms with E-state index in [1.165, 1.54) is 11.9 Å². The van der Waals surface area contributed by atoms with Gasteiger partial charge in [-0.1, -0.05) is 23.7 Å². The first-order valence-corrected chi connectivity index (χ1v) is 7.93. The maximum Gasteiger partial charge on any atom is 0.312 e. The summed E-state index contributed by atoms with van der Waals surface area (Å²) in [6.07, 6.45) is 0.212. The molecule has 136 valence electrons. The number of carbonyl (C=O) groups is 2. The zero-order valence-corrected chi connectivity index (χ0v) is 14.3. The normalized spacial score (nSPS) is 16.2. The van der Waals surface area contributed by atoms with E-state index in [2.05, 4.69) is 5.32 Å². The summed E-state index contributed by atoms with van der Waals surface area (Å²) >= 11 is 5.91. The molecule has 0 saturated heterocycles.